The van der Waals surface area contributed by atoms with Gasteiger partial charge in [-0.25, -0.2) is 0 Å². The van der Waals surface area contributed by atoms with Gasteiger partial charge in [0.1, 0.15) is 19.8 Å². The highest BCUT2D eigenvalue weighted by Gasteiger charge is 2.22. The maximum Gasteiger partial charge on any atom is 0.306 e. The molecule has 2 unspecified atom stereocenters. The Hall–Kier alpha value is -3.59. The van der Waals surface area contributed by atoms with Gasteiger partial charge >= 0.3 is 11.9 Å². The van der Waals surface area contributed by atoms with E-state index >= 15 is 0 Å². The average molecular weight is 1090 g/mol. The van der Waals surface area contributed by atoms with Crippen molar-refractivity contribution in [3.8, 4) is 0 Å². The predicted molar refractivity (Wildman–Crippen MR) is 328 cm³/mol. The van der Waals surface area contributed by atoms with Crippen molar-refractivity contribution in [2.24, 2.45) is 0 Å². The minimum atomic E-state index is -4.65. The molecule has 0 aromatic rings. The highest BCUT2D eigenvalue weighted by Crippen LogP contribution is 2.38. The van der Waals surface area contributed by atoms with Crippen LogP contribution in [0.2, 0.25) is 0 Å². The van der Waals surface area contributed by atoms with E-state index in [-0.39, 0.29) is 26.1 Å². The summed E-state index contributed by atoms with van der Waals surface area (Å²) in [7, 11) is 1.15. The Balaban J connectivity index is 4.15. The predicted octanol–water partition coefficient (Wildman–Crippen LogP) is 18.9. The number of carbonyl (C=O) groups is 2. The molecule has 0 radical (unpaired) electrons. The lowest BCUT2D eigenvalue weighted by atomic mass is 10.0. The van der Waals surface area contributed by atoms with Crippen LogP contribution in [0.25, 0.3) is 0 Å². The summed E-state index contributed by atoms with van der Waals surface area (Å²) in [5, 5.41) is 0. The minimum absolute atomic E-state index is 0.0386. The molecule has 9 nitrogen and oxygen atoms in total. The van der Waals surface area contributed by atoms with Crippen LogP contribution in [0.15, 0.2) is 122 Å². The van der Waals surface area contributed by atoms with Crippen molar-refractivity contribution in [2.75, 3.05) is 47.5 Å². The molecule has 77 heavy (non-hydrogen) atoms. The van der Waals surface area contributed by atoms with E-state index in [0.29, 0.717) is 17.4 Å². The third kappa shape index (κ3) is 61.5. The SMILES string of the molecule is CC/C=C\C/C=C\C/C=C\C/C=C\C/C=C\C/C=C\C/C=C\C/C=C\CCCCCCCCCCCCC(=O)OC(COC(=O)CCCCCCCCC/C=C\C/C=C\CCCCCC)COP(=O)([O-])OCC[N+](C)(C)C. The van der Waals surface area contributed by atoms with E-state index in [4.69, 9.17) is 18.5 Å². The maximum atomic E-state index is 12.8. The van der Waals surface area contributed by atoms with Crippen LogP contribution >= 0.6 is 7.82 Å². The van der Waals surface area contributed by atoms with E-state index in [0.717, 1.165) is 116 Å². The Kier molecular flexibility index (Phi) is 54.4. The number of quaternary nitrogens is 1. The van der Waals surface area contributed by atoms with Gasteiger partial charge in [0, 0.05) is 12.8 Å². The Labute approximate surface area is 473 Å². The smallest absolute Gasteiger partial charge is 0.306 e. The molecule has 0 fully saturated rings. The molecule has 0 heterocycles. The van der Waals surface area contributed by atoms with Crippen molar-refractivity contribution in [1.82, 2.24) is 0 Å². The molecule has 0 aliphatic carbocycles. The molecule has 0 N–H and O–H groups in total. The van der Waals surface area contributed by atoms with Crippen LogP contribution in [-0.2, 0) is 32.7 Å². The zero-order valence-electron chi connectivity index (χ0n) is 49.9. The lowest BCUT2D eigenvalue weighted by molar-refractivity contribution is -0.870. The summed E-state index contributed by atoms with van der Waals surface area (Å²) in [4.78, 5) is 37.9. The zero-order chi connectivity index (χ0) is 56.3. The van der Waals surface area contributed by atoms with Crippen LogP contribution in [-0.4, -0.2) is 70.0 Å². The maximum absolute atomic E-state index is 12.8. The first-order chi connectivity index (χ1) is 37.5. The van der Waals surface area contributed by atoms with Crippen LogP contribution in [0.3, 0.4) is 0 Å². The summed E-state index contributed by atoms with van der Waals surface area (Å²) in [6, 6.07) is 0. The largest absolute Gasteiger partial charge is 0.756 e. The van der Waals surface area contributed by atoms with Gasteiger partial charge < -0.3 is 27.9 Å². The van der Waals surface area contributed by atoms with Crippen LogP contribution in [0.5, 0.6) is 0 Å². The van der Waals surface area contributed by atoms with Crippen LogP contribution in [0.4, 0.5) is 0 Å². The lowest BCUT2D eigenvalue weighted by Gasteiger charge is -2.28. The second-order valence-corrected chi connectivity index (χ2v) is 22.7. The zero-order valence-corrected chi connectivity index (χ0v) is 50.8. The van der Waals surface area contributed by atoms with Crippen molar-refractivity contribution in [3.63, 3.8) is 0 Å². The Morgan fingerprint density at radius 3 is 1.10 bits per heavy atom. The number of ether oxygens (including phenoxy) is 2. The lowest BCUT2D eigenvalue weighted by Crippen LogP contribution is -2.37. The minimum Gasteiger partial charge on any atom is -0.756 e. The van der Waals surface area contributed by atoms with E-state index in [9.17, 15) is 19.0 Å². The summed E-state index contributed by atoms with van der Waals surface area (Å²) < 4.78 is 34.2. The molecule has 0 aromatic heterocycles. The Bertz CT molecular complexity index is 1710. The standard InChI is InChI=1S/C67H114NO8P/c1-6-8-10-12-14-16-18-20-22-24-26-27-28-29-30-31-32-33-34-35-36-37-38-39-40-41-42-44-46-48-50-52-54-56-58-60-67(70)76-65(64-75-77(71,72)74-62-61-68(3,4)5)63-73-66(69)59-57-55-53-51-49-47-45-43-25-23-21-19-17-15-13-11-9-7-2/h8,10,14,16-17,19-20,22-23,25-27,29-30,32-33,35-36,38-39,65H,6-7,9,11-13,15,18,21,24,28,31,34,37,40-64H2,1-5H3/b10-8-,16-14-,19-17-,22-20-,25-23-,27-26-,30-29-,33-32-,36-35-,39-38-. The van der Waals surface area contributed by atoms with Gasteiger partial charge in [-0.05, 0) is 109 Å². The number of allylic oxidation sites excluding steroid dienone is 20. The number of phosphoric ester groups is 1. The first kappa shape index (κ1) is 73.4. The van der Waals surface area contributed by atoms with Crippen molar-refractivity contribution in [3.05, 3.63) is 122 Å². The Morgan fingerprint density at radius 1 is 0.416 bits per heavy atom. The molecule has 2 atom stereocenters. The second kappa shape index (κ2) is 57.1. The van der Waals surface area contributed by atoms with Crippen molar-refractivity contribution in [2.45, 2.75) is 245 Å². The van der Waals surface area contributed by atoms with Gasteiger partial charge in [-0.2, -0.15) is 0 Å². The second-order valence-electron chi connectivity index (χ2n) is 21.3. The van der Waals surface area contributed by atoms with E-state index in [1.807, 2.05) is 21.1 Å². The molecule has 0 rings (SSSR count). The molecule has 0 aromatic carbocycles. The van der Waals surface area contributed by atoms with Gasteiger partial charge in [-0.3, -0.25) is 14.2 Å². The molecular weight excluding hydrogens is 978 g/mol. The number of unbranched alkanes of at least 4 members (excludes halogenated alkanes) is 21. The molecule has 0 bridgehead atoms. The topological polar surface area (TPSA) is 111 Å². The fourth-order valence-electron chi connectivity index (χ4n) is 8.00. The first-order valence-electron chi connectivity index (χ1n) is 30.7. The van der Waals surface area contributed by atoms with Crippen LogP contribution in [0, 0.1) is 0 Å². The number of carbonyl (C=O) groups excluding carboxylic acids is 2. The van der Waals surface area contributed by atoms with Crippen molar-refractivity contribution < 1.29 is 42.1 Å². The number of nitrogens with zero attached hydrogens (tertiary/aromatic N) is 1. The summed E-state index contributed by atoms with van der Waals surface area (Å²) in [6.07, 6.45) is 81.0. The quantitative estimate of drug-likeness (QED) is 0.0195. The highest BCUT2D eigenvalue weighted by molar-refractivity contribution is 7.45. The van der Waals surface area contributed by atoms with E-state index in [2.05, 4.69) is 135 Å². The summed E-state index contributed by atoms with van der Waals surface area (Å²) in [6.45, 7) is 4.09. The molecule has 0 aliphatic heterocycles. The molecule has 0 saturated carbocycles. The van der Waals surface area contributed by atoms with Gasteiger partial charge in [-0.15, -0.1) is 0 Å². The number of hydrogen-bond acceptors (Lipinski definition) is 8. The normalized spacial score (nSPS) is 14.1. The van der Waals surface area contributed by atoms with Gasteiger partial charge in [-0.1, -0.05) is 238 Å². The van der Waals surface area contributed by atoms with Gasteiger partial charge in [0.25, 0.3) is 7.82 Å². The summed E-state index contributed by atoms with van der Waals surface area (Å²) in [5.41, 5.74) is 0. The molecule has 10 heteroatoms. The monoisotopic (exact) mass is 1090 g/mol. The number of phosphoric acid groups is 1. The van der Waals surface area contributed by atoms with Crippen LogP contribution in [0.1, 0.15) is 239 Å². The van der Waals surface area contributed by atoms with Gasteiger partial charge in [0.05, 0.1) is 27.7 Å². The fraction of sp³-hybridized carbons (Fsp3) is 0.672. The number of rotatable bonds is 55. The molecule has 0 saturated heterocycles. The number of esters is 2. The third-order valence-corrected chi connectivity index (χ3v) is 13.7. The van der Waals surface area contributed by atoms with Gasteiger partial charge in [0.15, 0.2) is 6.10 Å². The molecular formula is C67H114NO8P. The van der Waals surface area contributed by atoms with Gasteiger partial charge in [0.2, 0.25) is 0 Å². The highest BCUT2D eigenvalue weighted by atomic mass is 31.2. The van der Waals surface area contributed by atoms with E-state index in [1.165, 1.54) is 89.9 Å². The fourth-order valence-corrected chi connectivity index (χ4v) is 8.72. The third-order valence-electron chi connectivity index (χ3n) is 12.7. The summed E-state index contributed by atoms with van der Waals surface area (Å²) >= 11 is 0. The first-order valence-corrected chi connectivity index (χ1v) is 32.2. The Morgan fingerprint density at radius 2 is 0.740 bits per heavy atom. The average Bonchev–Trinajstić information content (AvgIpc) is 3.39. The molecule has 0 aliphatic rings. The molecule has 440 valence electrons. The summed E-state index contributed by atoms with van der Waals surface area (Å²) in [5.74, 6) is -0.852. The van der Waals surface area contributed by atoms with Crippen molar-refractivity contribution >= 4 is 19.8 Å². The van der Waals surface area contributed by atoms with Crippen molar-refractivity contribution in [1.29, 1.82) is 0 Å². The van der Waals surface area contributed by atoms with E-state index < -0.39 is 32.5 Å². The number of hydrogen-bond donors (Lipinski definition) is 0. The molecule has 0 amide bonds. The van der Waals surface area contributed by atoms with Crippen LogP contribution < -0.4 is 4.89 Å². The molecule has 0 spiro atoms. The van der Waals surface area contributed by atoms with E-state index in [1.54, 1.807) is 0 Å². The number of likely N-dealkylation sites (N-methyl/N-ethyl adjacent to an activating group) is 1.